The number of ether oxygens (including phenoxy) is 6. The van der Waals surface area contributed by atoms with Crippen LogP contribution in [0.25, 0.3) is 0 Å². The van der Waals surface area contributed by atoms with Crippen LogP contribution in [0.4, 0.5) is 0 Å². The summed E-state index contributed by atoms with van der Waals surface area (Å²) in [5.41, 5.74) is 0.113. The van der Waals surface area contributed by atoms with E-state index in [9.17, 15) is 50.8 Å². The zero-order chi connectivity index (χ0) is 46.0. The van der Waals surface area contributed by atoms with Gasteiger partial charge in [-0.05, 0) is 116 Å². The van der Waals surface area contributed by atoms with Gasteiger partial charge in [0.05, 0.1) is 30.8 Å². The molecule has 16 nitrogen and oxygen atoms in total. The van der Waals surface area contributed by atoms with Gasteiger partial charge in [0.1, 0.15) is 61.0 Å². The normalized spacial score (nSPS) is 54.1. The Morgan fingerprint density at radius 2 is 1.37 bits per heavy atom. The monoisotopic (exact) mass is 897 g/mol. The summed E-state index contributed by atoms with van der Waals surface area (Å²) in [6.07, 6.45) is -10.1. The van der Waals surface area contributed by atoms with Crippen LogP contribution in [0.5, 0.6) is 0 Å². The van der Waals surface area contributed by atoms with Crippen LogP contribution in [0, 0.1) is 50.2 Å². The lowest BCUT2D eigenvalue weighted by Gasteiger charge is -2.71. The SMILES string of the molecule is C[C@H]1O[C@@H](O[C@@H]2[C@H](O[C@@H]3CC[C@@]4(C)[C@H](CC[C@]5(C)[C@@H]4CC=C4[C@@H]6CC(C)(C)CC[C@@]6(C(=O)O)CC[C@@]45C)C3(C)C)OC[C@@H](O[C@H]3O[C@@H](CO)[C@H](O)[C@@H](O)[C@@H]3O)[C@@H]2O)[C@H](O)[C@H](O)[C@@H]1O. The molecule has 0 amide bonds. The Morgan fingerprint density at radius 1 is 0.714 bits per heavy atom. The maximum Gasteiger partial charge on any atom is 0.310 e. The van der Waals surface area contributed by atoms with E-state index in [1.54, 1.807) is 0 Å². The second kappa shape index (κ2) is 16.7. The number of hydrogen-bond donors (Lipinski definition) is 9. The molecule has 3 saturated heterocycles. The van der Waals surface area contributed by atoms with Gasteiger partial charge in [-0.3, -0.25) is 4.79 Å². The summed E-state index contributed by atoms with van der Waals surface area (Å²) in [7, 11) is 0. The fourth-order valence-electron chi connectivity index (χ4n) is 14.8. The number of hydrogen-bond acceptors (Lipinski definition) is 15. The summed E-state index contributed by atoms with van der Waals surface area (Å²) in [6.45, 7) is 17.0. The van der Waals surface area contributed by atoms with Crippen LogP contribution in [-0.4, -0.2) is 157 Å². The van der Waals surface area contributed by atoms with Crippen LogP contribution in [0.3, 0.4) is 0 Å². The third-order valence-corrected chi connectivity index (χ3v) is 19.0. The number of aliphatic hydroxyl groups is 8. The summed E-state index contributed by atoms with van der Waals surface area (Å²) in [6, 6.07) is 0. The first-order chi connectivity index (χ1) is 29.4. The Bertz CT molecular complexity index is 1720. The molecule has 16 heteroatoms. The first kappa shape index (κ1) is 48.1. The summed E-state index contributed by atoms with van der Waals surface area (Å²) in [4.78, 5) is 13.1. The van der Waals surface area contributed by atoms with Gasteiger partial charge in [0.2, 0.25) is 0 Å². The molecule has 3 heterocycles. The van der Waals surface area contributed by atoms with Crippen molar-refractivity contribution in [3.63, 3.8) is 0 Å². The van der Waals surface area contributed by atoms with Crippen LogP contribution >= 0.6 is 0 Å². The minimum Gasteiger partial charge on any atom is -0.481 e. The summed E-state index contributed by atoms with van der Waals surface area (Å²) < 4.78 is 36.7. The lowest BCUT2D eigenvalue weighted by atomic mass is 9.33. The zero-order valence-corrected chi connectivity index (χ0v) is 38.3. The quantitative estimate of drug-likeness (QED) is 0.125. The smallest absolute Gasteiger partial charge is 0.310 e. The highest BCUT2D eigenvalue weighted by molar-refractivity contribution is 5.76. The van der Waals surface area contributed by atoms with Gasteiger partial charge in [0.25, 0.3) is 0 Å². The van der Waals surface area contributed by atoms with E-state index in [1.165, 1.54) is 12.5 Å². The largest absolute Gasteiger partial charge is 0.481 e. The van der Waals surface area contributed by atoms with Crippen LogP contribution in [0.15, 0.2) is 11.6 Å². The van der Waals surface area contributed by atoms with E-state index < -0.39 is 109 Å². The molecule has 5 aliphatic carbocycles. The van der Waals surface area contributed by atoms with E-state index >= 15 is 0 Å². The second-order valence-corrected chi connectivity index (χ2v) is 23.0. The van der Waals surface area contributed by atoms with Crippen molar-refractivity contribution in [2.75, 3.05) is 13.2 Å². The van der Waals surface area contributed by atoms with Crippen LogP contribution in [-0.2, 0) is 33.2 Å². The molecule has 0 radical (unpaired) electrons. The maximum atomic E-state index is 13.1. The Kier molecular flexibility index (Phi) is 12.8. The summed E-state index contributed by atoms with van der Waals surface area (Å²) in [5, 5.41) is 96.0. The molecule has 8 aliphatic rings. The van der Waals surface area contributed by atoms with Crippen LogP contribution in [0.2, 0.25) is 0 Å². The molecular weight excluding hydrogens is 821 g/mol. The number of carboxylic acids is 1. The lowest BCUT2D eigenvalue weighted by Crippen LogP contribution is -2.66. The van der Waals surface area contributed by atoms with Gasteiger partial charge >= 0.3 is 5.97 Å². The Labute approximate surface area is 371 Å². The molecule has 0 aromatic carbocycles. The van der Waals surface area contributed by atoms with Gasteiger partial charge in [0.15, 0.2) is 18.9 Å². The molecule has 0 bridgehead atoms. The lowest BCUT2D eigenvalue weighted by molar-refractivity contribution is -0.380. The number of carbonyl (C=O) groups is 1. The Balaban J connectivity index is 1.04. The highest BCUT2D eigenvalue weighted by atomic mass is 16.8. The molecule has 3 aliphatic heterocycles. The molecule has 0 spiro atoms. The standard InChI is InChI=1S/C47H76O16/c1-22-30(49)33(52)35(54)38(59-22)63-37-32(51)26(61-39-36(55)34(53)31(50)25(20-48)60-39)21-58-40(37)62-29-12-13-44(6)27(43(29,4)5)11-14-46(8)28(44)10-9-23-24-19-42(2,3)15-17-47(24,41(56)57)18-16-45(23,46)7/h9,22,24-40,48-55H,10-21H2,1-8H3,(H,56,57)/t22-,24+,25+,26-,27-,28-,29-,30-,31+,32+,33-,34-,35-,36+,37+,38+,39-,40+,44+,45+,46-,47-/m1/s1. The highest BCUT2D eigenvalue weighted by Gasteiger charge is 2.70. The molecular formula is C47H76O16. The van der Waals surface area contributed by atoms with Crippen molar-refractivity contribution in [1.29, 1.82) is 0 Å². The van der Waals surface area contributed by atoms with Gasteiger partial charge in [-0.15, -0.1) is 0 Å². The summed E-state index contributed by atoms with van der Waals surface area (Å²) >= 11 is 0. The van der Waals surface area contributed by atoms with Crippen molar-refractivity contribution < 1.29 is 79.2 Å². The molecule has 360 valence electrons. The molecule has 7 fully saturated rings. The van der Waals surface area contributed by atoms with E-state index in [4.69, 9.17) is 28.4 Å². The molecule has 9 N–H and O–H groups in total. The third-order valence-electron chi connectivity index (χ3n) is 19.0. The van der Waals surface area contributed by atoms with E-state index in [1.807, 2.05) is 0 Å². The first-order valence-electron chi connectivity index (χ1n) is 23.6. The third kappa shape index (κ3) is 7.51. The fraction of sp³-hybridized carbons (Fsp3) is 0.936. The number of aliphatic carboxylic acids is 1. The van der Waals surface area contributed by atoms with Crippen molar-refractivity contribution in [3.8, 4) is 0 Å². The van der Waals surface area contributed by atoms with E-state index in [-0.39, 0.29) is 46.2 Å². The number of fused-ring (bicyclic) bond motifs is 7. The van der Waals surface area contributed by atoms with Crippen molar-refractivity contribution in [2.45, 2.75) is 212 Å². The molecule has 0 unspecified atom stereocenters. The van der Waals surface area contributed by atoms with Crippen molar-refractivity contribution in [2.24, 2.45) is 50.2 Å². The van der Waals surface area contributed by atoms with Gasteiger partial charge < -0.3 is 74.4 Å². The van der Waals surface area contributed by atoms with Gasteiger partial charge in [-0.25, -0.2) is 0 Å². The maximum absolute atomic E-state index is 13.1. The zero-order valence-electron chi connectivity index (χ0n) is 38.3. The van der Waals surface area contributed by atoms with Gasteiger partial charge in [-0.2, -0.15) is 0 Å². The van der Waals surface area contributed by atoms with Crippen molar-refractivity contribution in [1.82, 2.24) is 0 Å². The summed E-state index contributed by atoms with van der Waals surface area (Å²) in [5.74, 6) is -0.0288. The van der Waals surface area contributed by atoms with Crippen molar-refractivity contribution >= 4 is 5.97 Å². The van der Waals surface area contributed by atoms with Crippen LogP contribution in [0.1, 0.15) is 120 Å². The molecule has 4 saturated carbocycles. The number of rotatable bonds is 8. The van der Waals surface area contributed by atoms with Gasteiger partial charge in [-0.1, -0.05) is 60.1 Å². The number of allylic oxidation sites excluding steroid dienone is 2. The molecule has 0 aromatic heterocycles. The average Bonchev–Trinajstić information content (AvgIpc) is 3.22. The Morgan fingerprint density at radius 3 is 2.03 bits per heavy atom. The first-order valence-corrected chi connectivity index (χ1v) is 23.6. The molecule has 63 heavy (non-hydrogen) atoms. The number of carboxylic acid groups (broad SMARTS) is 1. The predicted molar refractivity (Wildman–Crippen MR) is 223 cm³/mol. The van der Waals surface area contributed by atoms with Gasteiger partial charge in [0, 0.05) is 0 Å². The highest BCUT2D eigenvalue weighted by Crippen LogP contribution is 2.76. The van der Waals surface area contributed by atoms with E-state index in [0.717, 1.165) is 51.4 Å². The van der Waals surface area contributed by atoms with E-state index in [2.05, 4.69) is 54.5 Å². The molecule has 0 aromatic rings. The average molecular weight is 897 g/mol. The minimum atomic E-state index is -1.75. The van der Waals surface area contributed by atoms with Crippen molar-refractivity contribution in [3.05, 3.63) is 11.6 Å². The molecule has 22 atom stereocenters. The van der Waals surface area contributed by atoms with Crippen LogP contribution < -0.4 is 0 Å². The minimum absolute atomic E-state index is 0.0289. The predicted octanol–water partition coefficient (Wildman–Crippen LogP) is 2.37. The molecule has 8 rings (SSSR count). The van der Waals surface area contributed by atoms with E-state index in [0.29, 0.717) is 18.8 Å². The fourth-order valence-corrected chi connectivity index (χ4v) is 14.8. The Hall–Kier alpha value is -1.35. The topological polar surface area (TPSA) is 255 Å². The second-order valence-electron chi connectivity index (χ2n) is 23.0. The number of aliphatic hydroxyl groups excluding tert-OH is 8.